The minimum atomic E-state index is 0.507. The molecule has 2 aromatic heterocycles. The zero-order chi connectivity index (χ0) is 13.3. The van der Waals surface area contributed by atoms with Gasteiger partial charge in [0.25, 0.3) is 0 Å². The summed E-state index contributed by atoms with van der Waals surface area (Å²) in [5, 5.41) is 5.04. The van der Waals surface area contributed by atoms with Gasteiger partial charge < -0.3 is 5.73 Å². The first-order valence-electron chi connectivity index (χ1n) is 5.64. The van der Waals surface area contributed by atoms with Crippen LogP contribution >= 0.6 is 27.5 Å². The average molecular weight is 330 g/mol. The second-order valence-electron chi connectivity index (χ2n) is 4.04. The highest BCUT2D eigenvalue weighted by molar-refractivity contribution is 9.10. The highest BCUT2D eigenvalue weighted by Gasteiger charge is 2.14. The Morgan fingerprint density at radius 2 is 2.22 bits per heavy atom. The first-order valence-corrected chi connectivity index (χ1v) is 6.81. The molecule has 0 atom stereocenters. The lowest BCUT2D eigenvalue weighted by atomic mass is 10.1. The molecule has 0 fully saturated rings. The number of aromatic nitrogens is 3. The molecule has 0 aliphatic rings. The molecule has 0 unspecified atom stereocenters. The molecule has 2 rings (SSSR count). The van der Waals surface area contributed by atoms with Crippen molar-refractivity contribution in [1.29, 1.82) is 0 Å². The summed E-state index contributed by atoms with van der Waals surface area (Å²) in [6.07, 6.45) is 2.21. The van der Waals surface area contributed by atoms with Crippen molar-refractivity contribution in [2.24, 2.45) is 0 Å². The minimum Gasteiger partial charge on any atom is -0.383 e. The molecule has 0 aliphatic heterocycles. The topological polar surface area (TPSA) is 56.7 Å². The molecule has 0 aromatic carbocycles. The number of rotatable bonds is 3. The van der Waals surface area contributed by atoms with Crippen LogP contribution in [-0.4, -0.2) is 14.8 Å². The smallest absolute Gasteiger partial charge is 0.127 e. The lowest BCUT2D eigenvalue weighted by Crippen LogP contribution is -2.06. The van der Waals surface area contributed by atoms with E-state index in [1.165, 1.54) is 0 Å². The van der Waals surface area contributed by atoms with Crippen molar-refractivity contribution in [3.63, 3.8) is 0 Å². The fraction of sp³-hybridized carbons (Fsp3) is 0.333. The summed E-state index contributed by atoms with van der Waals surface area (Å²) in [5.74, 6) is 0.507. The number of pyridine rings is 1. The lowest BCUT2D eigenvalue weighted by molar-refractivity contribution is 0.624. The number of hydrogen-bond acceptors (Lipinski definition) is 3. The number of anilines is 1. The van der Waals surface area contributed by atoms with Gasteiger partial charge in [-0.2, -0.15) is 5.10 Å². The zero-order valence-corrected chi connectivity index (χ0v) is 12.6. The number of nitrogens with two attached hydrogens (primary N) is 1. The van der Waals surface area contributed by atoms with Crippen LogP contribution in [-0.2, 0) is 13.0 Å². The molecule has 0 bridgehead atoms. The Morgan fingerprint density at radius 3 is 2.89 bits per heavy atom. The highest BCUT2D eigenvalue weighted by Crippen LogP contribution is 2.26. The Balaban J connectivity index is 2.42. The molecule has 2 heterocycles. The Bertz CT molecular complexity index is 580. The van der Waals surface area contributed by atoms with Crippen molar-refractivity contribution in [2.45, 2.75) is 26.8 Å². The predicted molar refractivity (Wildman–Crippen MR) is 76.8 cm³/mol. The number of nitrogens with zero attached hydrogens (tertiary/aromatic N) is 3. The summed E-state index contributed by atoms with van der Waals surface area (Å²) in [6, 6.07) is 1.85. The molecule has 2 N–H and O–H groups in total. The average Bonchev–Trinajstić information content (AvgIpc) is 2.61. The molecule has 6 heteroatoms. The van der Waals surface area contributed by atoms with Crippen LogP contribution in [0.4, 0.5) is 5.82 Å². The molecule has 4 nitrogen and oxygen atoms in total. The van der Waals surface area contributed by atoms with Crippen molar-refractivity contribution in [1.82, 2.24) is 14.8 Å². The maximum atomic E-state index is 5.95. The van der Waals surface area contributed by atoms with Crippen LogP contribution < -0.4 is 5.73 Å². The van der Waals surface area contributed by atoms with Gasteiger partial charge in [0.1, 0.15) is 5.82 Å². The summed E-state index contributed by atoms with van der Waals surface area (Å²) in [7, 11) is 0. The third kappa shape index (κ3) is 2.52. The summed E-state index contributed by atoms with van der Waals surface area (Å²) in [4.78, 5) is 4.07. The van der Waals surface area contributed by atoms with Crippen LogP contribution in [0.5, 0.6) is 0 Å². The fourth-order valence-corrected chi connectivity index (χ4v) is 2.46. The maximum Gasteiger partial charge on any atom is 0.127 e. The lowest BCUT2D eigenvalue weighted by Gasteiger charge is -2.08. The van der Waals surface area contributed by atoms with E-state index in [9.17, 15) is 0 Å². The van der Waals surface area contributed by atoms with Crippen LogP contribution in [0.3, 0.4) is 0 Å². The largest absolute Gasteiger partial charge is 0.383 e. The predicted octanol–water partition coefficient (Wildman–Crippen LogP) is 3.20. The van der Waals surface area contributed by atoms with Crippen LogP contribution in [0.25, 0.3) is 0 Å². The molecule has 96 valence electrons. The van der Waals surface area contributed by atoms with E-state index in [1.807, 2.05) is 17.7 Å². The van der Waals surface area contributed by atoms with Gasteiger partial charge in [-0.05, 0) is 35.8 Å². The monoisotopic (exact) mass is 328 g/mol. The van der Waals surface area contributed by atoms with Gasteiger partial charge in [-0.15, -0.1) is 0 Å². The van der Waals surface area contributed by atoms with Crippen molar-refractivity contribution in [2.75, 3.05) is 5.73 Å². The Morgan fingerprint density at radius 1 is 1.50 bits per heavy atom. The van der Waals surface area contributed by atoms with E-state index >= 15 is 0 Å². The van der Waals surface area contributed by atoms with E-state index in [-0.39, 0.29) is 0 Å². The quantitative estimate of drug-likeness (QED) is 0.941. The third-order valence-corrected chi connectivity index (χ3v) is 4.02. The van der Waals surface area contributed by atoms with E-state index in [4.69, 9.17) is 17.3 Å². The Labute approximate surface area is 119 Å². The van der Waals surface area contributed by atoms with Gasteiger partial charge >= 0.3 is 0 Å². The second-order valence-corrected chi connectivity index (χ2v) is 5.27. The number of halogens is 2. The third-order valence-electron chi connectivity index (χ3n) is 2.78. The van der Waals surface area contributed by atoms with Crippen LogP contribution in [0, 0.1) is 6.92 Å². The van der Waals surface area contributed by atoms with E-state index < -0.39 is 0 Å². The normalized spacial score (nSPS) is 10.9. The minimum absolute atomic E-state index is 0.507. The number of hydrogen-bond donors (Lipinski definition) is 1. The van der Waals surface area contributed by atoms with Gasteiger partial charge in [-0.3, -0.25) is 4.68 Å². The Kier molecular flexibility index (Phi) is 3.92. The summed E-state index contributed by atoms with van der Waals surface area (Å²) >= 11 is 9.51. The molecular formula is C12H14BrClN4. The van der Waals surface area contributed by atoms with Crippen LogP contribution in [0.1, 0.15) is 23.9 Å². The van der Waals surface area contributed by atoms with Crippen LogP contribution in [0.2, 0.25) is 5.02 Å². The molecular weight excluding hydrogens is 316 g/mol. The van der Waals surface area contributed by atoms with Crippen molar-refractivity contribution >= 4 is 33.3 Å². The molecule has 0 saturated heterocycles. The highest BCUT2D eigenvalue weighted by atomic mass is 79.9. The van der Waals surface area contributed by atoms with E-state index in [0.29, 0.717) is 17.3 Å². The molecule has 0 saturated carbocycles. The Hall–Kier alpha value is -1.07. The first kappa shape index (κ1) is 13.4. The first-order chi connectivity index (χ1) is 8.52. The SMILES string of the molecule is CCn1nc(C)c(Br)c1Cc1cc(Cl)cnc1N. The summed E-state index contributed by atoms with van der Waals surface area (Å²) < 4.78 is 2.98. The number of aryl methyl sites for hydroxylation is 2. The van der Waals surface area contributed by atoms with Gasteiger partial charge in [0.05, 0.1) is 20.9 Å². The van der Waals surface area contributed by atoms with Crippen molar-refractivity contribution < 1.29 is 0 Å². The molecule has 0 spiro atoms. The zero-order valence-electron chi connectivity index (χ0n) is 10.2. The van der Waals surface area contributed by atoms with Crippen molar-refractivity contribution in [3.8, 4) is 0 Å². The summed E-state index contributed by atoms with van der Waals surface area (Å²) in [6.45, 7) is 4.84. The fourth-order valence-electron chi connectivity index (χ4n) is 1.85. The number of nitrogen functional groups attached to an aromatic ring is 1. The van der Waals surface area contributed by atoms with E-state index in [1.54, 1.807) is 6.20 Å². The summed E-state index contributed by atoms with van der Waals surface area (Å²) in [5.41, 5.74) is 8.85. The molecule has 0 amide bonds. The van der Waals surface area contributed by atoms with Gasteiger partial charge in [0.15, 0.2) is 0 Å². The maximum absolute atomic E-state index is 5.95. The van der Waals surface area contributed by atoms with E-state index in [2.05, 4.69) is 32.9 Å². The van der Waals surface area contributed by atoms with Gasteiger partial charge in [-0.25, -0.2) is 4.98 Å². The standard InChI is InChI=1S/C12H14BrClN4/c1-3-18-10(11(13)7(2)17-18)5-8-4-9(14)6-16-12(8)15/h4,6H,3,5H2,1-2H3,(H2,15,16). The van der Waals surface area contributed by atoms with E-state index in [0.717, 1.165) is 28.0 Å². The molecule has 0 radical (unpaired) electrons. The molecule has 2 aromatic rings. The van der Waals surface area contributed by atoms with Crippen molar-refractivity contribution in [3.05, 3.63) is 38.7 Å². The van der Waals surface area contributed by atoms with Gasteiger partial charge in [0, 0.05) is 24.7 Å². The van der Waals surface area contributed by atoms with Gasteiger partial charge in [-0.1, -0.05) is 11.6 Å². The van der Waals surface area contributed by atoms with Crippen LogP contribution in [0.15, 0.2) is 16.7 Å². The molecule has 18 heavy (non-hydrogen) atoms. The van der Waals surface area contributed by atoms with Gasteiger partial charge in [0.2, 0.25) is 0 Å². The second kappa shape index (κ2) is 5.28. The molecule has 0 aliphatic carbocycles.